The van der Waals surface area contributed by atoms with Crippen LogP contribution in [0.1, 0.15) is 5.56 Å². The van der Waals surface area contributed by atoms with E-state index in [0.717, 1.165) is 16.8 Å². The zero-order chi connectivity index (χ0) is 13.8. The van der Waals surface area contributed by atoms with Crippen LogP contribution in [-0.4, -0.2) is 25.0 Å². The number of aryl methyl sites for hydroxylation is 1. The summed E-state index contributed by atoms with van der Waals surface area (Å²) in [6.45, 7) is 2.05. The largest absolute Gasteiger partial charge is 0.331 e. The molecule has 2 aromatic carbocycles. The van der Waals surface area contributed by atoms with Crippen molar-refractivity contribution in [3.63, 3.8) is 0 Å². The highest BCUT2D eigenvalue weighted by Crippen LogP contribution is 2.29. The van der Waals surface area contributed by atoms with Gasteiger partial charge in [-0.2, -0.15) is 0 Å². The van der Waals surface area contributed by atoms with Crippen LogP contribution >= 0.6 is 0 Å². The average Bonchev–Trinajstić information content (AvgIpc) is 2.41. The van der Waals surface area contributed by atoms with Crippen LogP contribution in [0.25, 0.3) is 11.1 Å². The van der Waals surface area contributed by atoms with E-state index in [1.54, 1.807) is 14.1 Å². The van der Waals surface area contributed by atoms with E-state index in [0.29, 0.717) is 0 Å². The van der Waals surface area contributed by atoms with E-state index < -0.39 is 0 Å². The lowest BCUT2D eigenvalue weighted by molar-refractivity contribution is 0.230. The number of hydrogen-bond acceptors (Lipinski definition) is 1. The predicted molar refractivity (Wildman–Crippen MR) is 79.3 cm³/mol. The molecule has 19 heavy (non-hydrogen) atoms. The molecule has 0 aliphatic rings. The normalized spacial score (nSPS) is 10.1. The molecule has 2 rings (SSSR count). The van der Waals surface area contributed by atoms with Crippen molar-refractivity contribution in [3.8, 4) is 11.1 Å². The Morgan fingerprint density at radius 2 is 1.74 bits per heavy atom. The van der Waals surface area contributed by atoms with Gasteiger partial charge in [-0.25, -0.2) is 4.79 Å². The predicted octanol–water partition coefficient (Wildman–Crippen LogP) is 3.76. The van der Waals surface area contributed by atoms with Gasteiger partial charge in [0.05, 0.1) is 5.69 Å². The Morgan fingerprint density at radius 3 is 2.37 bits per heavy atom. The number of anilines is 1. The first-order chi connectivity index (χ1) is 9.08. The molecule has 0 aromatic heterocycles. The lowest BCUT2D eigenvalue weighted by Gasteiger charge is -2.16. The van der Waals surface area contributed by atoms with Crippen molar-refractivity contribution in [1.29, 1.82) is 0 Å². The molecule has 1 N–H and O–H groups in total. The van der Waals surface area contributed by atoms with Crippen LogP contribution in [-0.2, 0) is 0 Å². The maximum atomic E-state index is 11.8. The zero-order valence-electron chi connectivity index (χ0n) is 11.5. The summed E-state index contributed by atoms with van der Waals surface area (Å²) in [6, 6.07) is 16.0. The molecule has 2 aromatic rings. The standard InChI is InChI=1S/C16H18N2O/c1-12-9-10-15(17-16(19)18(2)3)14(11-12)13-7-5-4-6-8-13/h4-11H,1-3H3,(H,17,19). The number of nitrogens with zero attached hydrogens (tertiary/aromatic N) is 1. The number of rotatable bonds is 2. The molecular formula is C16H18N2O. The molecule has 0 bridgehead atoms. The molecule has 2 amide bonds. The zero-order valence-corrected chi connectivity index (χ0v) is 11.5. The van der Waals surface area contributed by atoms with E-state index in [2.05, 4.69) is 11.4 Å². The lowest BCUT2D eigenvalue weighted by atomic mass is 10.0. The summed E-state index contributed by atoms with van der Waals surface area (Å²) in [7, 11) is 3.46. The number of urea groups is 1. The van der Waals surface area contributed by atoms with Crippen LogP contribution in [0, 0.1) is 6.92 Å². The summed E-state index contributed by atoms with van der Waals surface area (Å²) in [5, 5.41) is 2.92. The summed E-state index contributed by atoms with van der Waals surface area (Å²) >= 11 is 0. The van der Waals surface area contributed by atoms with Crippen molar-refractivity contribution in [2.45, 2.75) is 6.92 Å². The fraction of sp³-hybridized carbons (Fsp3) is 0.188. The van der Waals surface area contributed by atoms with E-state index in [1.165, 1.54) is 10.5 Å². The maximum absolute atomic E-state index is 11.8. The molecule has 0 saturated heterocycles. The molecule has 0 aliphatic heterocycles. The molecule has 0 fully saturated rings. The molecule has 0 atom stereocenters. The van der Waals surface area contributed by atoms with Crippen molar-refractivity contribution in [1.82, 2.24) is 4.90 Å². The van der Waals surface area contributed by atoms with Gasteiger partial charge in [0.25, 0.3) is 0 Å². The van der Waals surface area contributed by atoms with E-state index in [1.807, 2.05) is 49.4 Å². The average molecular weight is 254 g/mol. The molecule has 0 heterocycles. The molecule has 0 spiro atoms. The fourth-order valence-electron chi connectivity index (χ4n) is 1.85. The van der Waals surface area contributed by atoms with Gasteiger partial charge in [0.1, 0.15) is 0 Å². The Morgan fingerprint density at radius 1 is 1.05 bits per heavy atom. The lowest BCUT2D eigenvalue weighted by Crippen LogP contribution is -2.27. The molecule has 3 heteroatoms. The van der Waals surface area contributed by atoms with Gasteiger partial charge in [-0.3, -0.25) is 0 Å². The van der Waals surface area contributed by atoms with Gasteiger partial charge in [0, 0.05) is 19.7 Å². The number of benzene rings is 2. The summed E-state index contributed by atoms with van der Waals surface area (Å²) < 4.78 is 0. The molecule has 3 nitrogen and oxygen atoms in total. The Labute approximate surface area is 113 Å². The molecule has 0 saturated carbocycles. The van der Waals surface area contributed by atoms with Crippen molar-refractivity contribution in [2.24, 2.45) is 0 Å². The van der Waals surface area contributed by atoms with Gasteiger partial charge in [0.2, 0.25) is 0 Å². The number of carbonyl (C=O) groups excluding carboxylic acids is 1. The number of amides is 2. The minimum Gasteiger partial charge on any atom is -0.331 e. The second kappa shape index (κ2) is 5.57. The monoisotopic (exact) mass is 254 g/mol. The van der Waals surface area contributed by atoms with Crippen molar-refractivity contribution in [2.75, 3.05) is 19.4 Å². The molecule has 0 unspecified atom stereocenters. The third-order valence-electron chi connectivity index (χ3n) is 2.91. The third kappa shape index (κ3) is 3.13. The van der Waals surface area contributed by atoms with Gasteiger partial charge in [-0.15, -0.1) is 0 Å². The number of nitrogens with one attached hydrogen (secondary N) is 1. The Balaban J connectivity index is 2.42. The van der Waals surface area contributed by atoms with Crippen molar-refractivity contribution >= 4 is 11.7 Å². The first-order valence-electron chi connectivity index (χ1n) is 6.22. The first kappa shape index (κ1) is 13.1. The van der Waals surface area contributed by atoms with Crippen LogP contribution in [0.15, 0.2) is 48.5 Å². The Bertz CT molecular complexity index is 577. The van der Waals surface area contributed by atoms with Crippen molar-refractivity contribution in [3.05, 3.63) is 54.1 Å². The van der Waals surface area contributed by atoms with E-state index in [4.69, 9.17) is 0 Å². The van der Waals surface area contributed by atoms with Crippen LogP contribution in [0.4, 0.5) is 10.5 Å². The Hall–Kier alpha value is -2.29. The quantitative estimate of drug-likeness (QED) is 0.869. The second-order valence-corrected chi connectivity index (χ2v) is 4.74. The molecule has 0 radical (unpaired) electrons. The smallest absolute Gasteiger partial charge is 0.321 e. The topological polar surface area (TPSA) is 32.3 Å². The fourth-order valence-corrected chi connectivity index (χ4v) is 1.85. The minimum absolute atomic E-state index is 0.124. The summed E-state index contributed by atoms with van der Waals surface area (Å²) in [4.78, 5) is 13.3. The summed E-state index contributed by atoms with van der Waals surface area (Å²) in [5.74, 6) is 0. The summed E-state index contributed by atoms with van der Waals surface area (Å²) in [6.07, 6.45) is 0. The van der Waals surface area contributed by atoms with E-state index in [-0.39, 0.29) is 6.03 Å². The number of carbonyl (C=O) groups is 1. The maximum Gasteiger partial charge on any atom is 0.321 e. The highest BCUT2D eigenvalue weighted by Gasteiger charge is 2.09. The molecular weight excluding hydrogens is 236 g/mol. The SMILES string of the molecule is Cc1ccc(NC(=O)N(C)C)c(-c2ccccc2)c1. The second-order valence-electron chi connectivity index (χ2n) is 4.74. The number of hydrogen-bond donors (Lipinski definition) is 1. The minimum atomic E-state index is -0.124. The molecule has 0 aliphatic carbocycles. The van der Waals surface area contributed by atoms with Crippen LogP contribution in [0.5, 0.6) is 0 Å². The van der Waals surface area contributed by atoms with Gasteiger partial charge >= 0.3 is 6.03 Å². The van der Waals surface area contributed by atoms with Crippen LogP contribution in [0.3, 0.4) is 0 Å². The van der Waals surface area contributed by atoms with Gasteiger partial charge in [-0.1, -0.05) is 42.0 Å². The first-order valence-corrected chi connectivity index (χ1v) is 6.22. The van der Waals surface area contributed by atoms with E-state index >= 15 is 0 Å². The Kier molecular flexibility index (Phi) is 3.85. The van der Waals surface area contributed by atoms with Gasteiger partial charge in [-0.05, 0) is 24.6 Å². The van der Waals surface area contributed by atoms with Gasteiger partial charge in [0.15, 0.2) is 0 Å². The van der Waals surface area contributed by atoms with Gasteiger partial charge < -0.3 is 10.2 Å². The van der Waals surface area contributed by atoms with Crippen molar-refractivity contribution < 1.29 is 4.79 Å². The highest BCUT2D eigenvalue weighted by molar-refractivity contribution is 5.94. The van der Waals surface area contributed by atoms with E-state index in [9.17, 15) is 4.79 Å². The van der Waals surface area contributed by atoms with Crippen LogP contribution < -0.4 is 5.32 Å². The summed E-state index contributed by atoms with van der Waals surface area (Å²) in [5.41, 5.74) is 4.13. The highest BCUT2D eigenvalue weighted by atomic mass is 16.2. The molecule has 98 valence electrons. The van der Waals surface area contributed by atoms with Crippen LogP contribution in [0.2, 0.25) is 0 Å². The third-order valence-corrected chi connectivity index (χ3v) is 2.91.